The lowest BCUT2D eigenvalue weighted by Crippen LogP contribution is -1.96. The molecule has 0 fully saturated rings. The minimum absolute atomic E-state index is 0.00231. The highest BCUT2D eigenvalue weighted by molar-refractivity contribution is 7.81. The average Bonchev–Trinajstić information content (AvgIpc) is 2.05. The molecule has 0 spiro atoms. The number of Topliss-reactive ketones (excluding diaryl/α,β-unsaturated/α-hetero) is 1. The normalized spacial score (nSPS) is 9.54. The van der Waals surface area contributed by atoms with Crippen molar-refractivity contribution in [3.8, 4) is 0 Å². The number of nitrogens with zero attached hydrogens (tertiary/aromatic N) is 2. The summed E-state index contributed by atoms with van der Waals surface area (Å²) in [6.07, 6.45) is 2.76. The topological polar surface area (TPSA) is 51.0 Å². The Balaban J connectivity index is 0. The number of ether oxygens (including phenoxy) is 1. The number of aliphatic imine (C=N–C) groups is 2. The van der Waals surface area contributed by atoms with Crippen LogP contribution in [0.3, 0.4) is 0 Å². The molecule has 0 aromatic heterocycles. The van der Waals surface area contributed by atoms with Gasteiger partial charge in [-0.25, -0.2) is 0 Å². The summed E-state index contributed by atoms with van der Waals surface area (Å²) in [6.45, 7) is 1.47. The zero-order valence-corrected chi connectivity index (χ0v) is 9.09. The van der Waals surface area contributed by atoms with Crippen molar-refractivity contribution in [3.05, 3.63) is 0 Å². The van der Waals surface area contributed by atoms with Gasteiger partial charge in [-0.05, 0) is 12.2 Å². The van der Waals surface area contributed by atoms with Crippen LogP contribution >= 0.6 is 12.2 Å². The van der Waals surface area contributed by atoms with Gasteiger partial charge in [0.15, 0.2) is 5.78 Å². The van der Waals surface area contributed by atoms with Crippen LogP contribution in [0.25, 0.3) is 0 Å². The molecule has 13 heavy (non-hydrogen) atoms. The molecule has 0 bridgehead atoms. The third kappa shape index (κ3) is 18.1. The van der Waals surface area contributed by atoms with E-state index in [2.05, 4.69) is 26.9 Å². The van der Waals surface area contributed by atoms with Gasteiger partial charge in [0, 0.05) is 21.0 Å². The second-order valence-electron chi connectivity index (χ2n) is 1.91. The van der Waals surface area contributed by atoms with Gasteiger partial charge in [-0.15, -0.1) is 0 Å². The smallest absolute Gasteiger partial charge is 0.201 e. The summed E-state index contributed by atoms with van der Waals surface area (Å²) in [4.78, 5) is 17.0. The first-order chi connectivity index (χ1) is 6.08. The summed E-state index contributed by atoms with van der Waals surface area (Å²) in [5, 5.41) is 0.419. The molecule has 0 radical (unpaired) electrons. The van der Waals surface area contributed by atoms with Crippen molar-refractivity contribution < 1.29 is 9.53 Å². The lowest BCUT2D eigenvalue weighted by atomic mass is 10.5. The van der Waals surface area contributed by atoms with E-state index in [0.29, 0.717) is 5.05 Å². The summed E-state index contributed by atoms with van der Waals surface area (Å²) in [5.41, 5.74) is 0. The summed E-state index contributed by atoms with van der Waals surface area (Å²) >= 11 is 4.58. The summed E-state index contributed by atoms with van der Waals surface area (Å²) in [5.74, 6) is -0.00231. The van der Waals surface area contributed by atoms with E-state index in [9.17, 15) is 4.79 Å². The van der Waals surface area contributed by atoms with E-state index < -0.39 is 0 Å². The van der Waals surface area contributed by atoms with E-state index in [1.165, 1.54) is 26.5 Å². The molecule has 0 aliphatic heterocycles. The van der Waals surface area contributed by atoms with Crippen LogP contribution in [-0.4, -0.2) is 44.5 Å². The van der Waals surface area contributed by atoms with Crippen LogP contribution in [-0.2, 0) is 9.53 Å². The van der Waals surface area contributed by atoms with Crippen molar-refractivity contribution in [3.63, 3.8) is 0 Å². The first kappa shape index (κ1) is 14.4. The molecular weight excluding hydrogens is 188 g/mol. The molecule has 0 saturated carbocycles. The lowest BCUT2D eigenvalue weighted by molar-refractivity contribution is -0.110. The predicted octanol–water partition coefficient (Wildman–Crippen LogP) is 0.937. The van der Waals surface area contributed by atoms with Gasteiger partial charge >= 0.3 is 0 Å². The summed E-state index contributed by atoms with van der Waals surface area (Å²) in [6, 6.07) is 0. The van der Waals surface area contributed by atoms with Gasteiger partial charge in [0.05, 0.1) is 19.5 Å². The highest BCUT2D eigenvalue weighted by atomic mass is 32.1. The molecule has 0 aromatic rings. The first-order valence-electron chi connectivity index (χ1n) is 3.51. The molecule has 0 rings (SSSR count). The maximum atomic E-state index is 9.89. The molecule has 0 aliphatic rings. The van der Waals surface area contributed by atoms with Gasteiger partial charge in [-0.3, -0.25) is 14.8 Å². The lowest BCUT2D eigenvalue weighted by Gasteiger charge is -1.88. The van der Waals surface area contributed by atoms with Crippen molar-refractivity contribution >= 4 is 35.5 Å². The van der Waals surface area contributed by atoms with Gasteiger partial charge in [-0.1, -0.05) is 0 Å². The van der Waals surface area contributed by atoms with Crippen LogP contribution in [0.2, 0.25) is 0 Å². The number of methoxy groups -OCH3 is 1. The molecule has 74 valence electrons. The Morgan fingerprint density at radius 2 is 1.77 bits per heavy atom. The van der Waals surface area contributed by atoms with Crippen molar-refractivity contribution in [2.75, 3.05) is 21.2 Å². The standard InChI is InChI=1S/C4H7NOS.C4H7NO/c1-5-3-4(7)6-2;1-4(6)3-5-2/h3H,1-2H3;3H,1-2H3. The number of hydrogen-bond acceptors (Lipinski definition) is 5. The molecule has 5 heteroatoms. The summed E-state index contributed by atoms with van der Waals surface area (Å²) in [7, 11) is 4.73. The predicted molar refractivity (Wildman–Crippen MR) is 59.1 cm³/mol. The summed E-state index contributed by atoms with van der Waals surface area (Å²) < 4.78 is 4.57. The van der Waals surface area contributed by atoms with Crippen molar-refractivity contribution in [1.82, 2.24) is 0 Å². The van der Waals surface area contributed by atoms with Gasteiger partial charge in [0.1, 0.15) is 0 Å². The number of rotatable bonds is 2. The van der Waals surface area contributed by atoms with E-state index in [1.54, 1.807) is 14.1 Å². The number of carbonyl (C=O) groups excluding carboxylic acids is 1. The Kier molecular flexibility index (Phi) is 12.1. The second-order valence-corrected chi connectivity index (χ2v) is 2.31. The third-order valence-electron chi connectivity index (χ3n) is 0.747. The van der Waals surface area contributed by atoms with Gasteiger partial charge in [-0.2, -0.15) is 0 Å². The number of hydrogen-bond donors (Lipinski definition) is 0. The molecule has 0 unspecified atom stereocenters. The number of carbonyl (C=O) groups is 1. The molecule has 0 aliphatic carbocycles. The van der Waals surface area contributed by atoms with Crippen LogP contribution in [0.4, 0.5) is 0 Å². The Bertz CT molecular complexity index is 212. The Morgan fingerprint density at radius 3 is 1.85 bits per heavy atom. The highest BCUT2D eigenvalue weighted by Crippen LogP contribution is 1.70. The van der Waals surface area contributed by atoms with Crippen LogP contribution in [0.1, 0.15) is 6.92 Å². The van der Waals surface area contributed by atoms with Crippen molar-refractivity contribution in [1.29, 1.82) is 0 Å². The van der Waals surface area contributed by atoms with Gasteiger partial charge < -0.3 is 4.74 Å². The van der Waals surface area contributed by atoms with E-state index in [1.807, 2.05) is 0 Å². The Morgan fingerprint density at radius 1 is 1.31 bits per heavy atom. The minimum atomic E-state index is -0.00231. The zero-order valence-electron chi connectivity index (χ0n) is 8.27. The first-order valence-corrected chi connectivity index (χ1v) is 3.92. The van der Waals surface area contributed by atoms with Crippen LogP contribution < -0.4 is 0 Å². The fourth-order valence-corrected chi connectivity index (χ4v) is 0.445. The molecular formula is C8H14N2O2S. The SMILES string of the molecule is CN=CC(=S)OC.CN=CC(C)=O. The molecule has 0 aromatic carbocycles. The van der Waals surface area contributed by atoms with E-state index in [4.69, 9.17) is 0 Å². The zero-order chi connectivity index (χ0) is 10.7. The van der Waals surface area contributed by atoms with Crippen LogP contribution in [0, 0.1) is 0 Å². The van der Waals surface area contributed by atoms with E-state index in [-0.39, 0.29) is 5.78 Å². The fourth-order valence-electron chi connectivity index (χ4n) is 0.340. The minimum Gasteiger partial charge on any atom is -0.486 e. The highest BCUT2D eigenvalue weighted by Gasteiger charge is 1.79. The molecule has 4 nitrogen and oxygen atoms in total. The fraction of sp³-hybridized carbons (Fsp3) is 0.500. The van der Waals surface area contributed by atoms with Crippen molar-refractivity contribution in [2.45, 2.75) is 6.92 Å². The Hall–Kier alpha value is -1.10. The quantitative estimate of drug-likeness (QED) is 0.494. The molecule has 0 N–H and O–H groups in total. The largest absolute Gasteiger partial charge is 0.486 e. The van der Waals surface area contributed by atoms with E-state index >= 15 is 0 Å². The van der Waals surface area contributed by atoms with Crippen LogP contribution in [0.15, 0.2) is 9.98 Å². The number of thiocarbonyl (C=S) groups is 1. The average molecular weight is 202 g/mol. The molecule has 0 atom stereocenters. The van der Waals surface area contributed by atoms with Crippen LogP contribution in [0.5, 0.6) is 0 Å². The van der Waals surface area contributed by atoms with Crippen molar-refractivity contribution in [2.24, 2.45) is 9.98 Å². The number of ketones is 1. The van der Waals surface area contributed by atoms with Gasteiger partial charge in [0.25, 0.3) is 0 Å². The third-order valence-corrected chi connectivity index (χ3v) is 1.02. The molecule has 0 heterocycles. The monoisotopic (exact) mass is 202 g/mol. The molecule has 0 saturated heterocycles. The maximum Gasteiger partial charge on any atom is 0.201 e. The maximum absolute atomic E-state index is 9.89. The Labute approximate surface area is 83.7 Å². The van der Waals surface area contributed by atoms with Gasteiger partial charge in [0.2, 0.25) is 5.05 Å². The molecule has 0 amide bonds. The second kappa shape index (κ2) is 10.9. The van der Waals surface area contributed by atoms with E-state index in [0.717, 1.165) is 0 Å².